The number of hydrogen-bond donors (Lipinski definition) is 0. The van der Waals surface area contributed by atoms with Gasteiger partial charge in [0, 0.05) is 24.2 Å². The molecule has 0 fully saturated rings. The fourth-order valence-corrected chi connectivity index (χ4v) is 5.23. The van der Waals surface area contributed by atoms with Gasteiger partial charge < -0.3 is 0 Å². The molecule has 0 atom stereocenters. The fourth-order valence-electron chi connectivity index (χ4n) is 5.23. The molecule has 0 aliphatic rings. The molecule has 0 nitrogen and oxygen atoms in total. The molecule has 0 aromatic heterocycles. The van der Waals surface area contributed by atoms with E-state index in [-0.39, 0.29) is 0 Å². The van der Waals surface area contributed by atoms with Gasteiger partial charge in [-0.1, -0.05) is 423 Å². The minimum absolute atomic E-state index is 0.525. The Kier molecular flexibility index (Phi) is 97.9. The van der Waals surface area contributed by atoms with Gasteiger partial charge >= 0.3 is 0 Å². The van der Waals surface area contributed by atoms with Crippen molar-refractivity contribution in [3.8, 4) is 23.7 Å². The Balaban J connectivity index is -0.000000100. The molecule has 0 saturated carbocycles. The van der Waals surface area contributed by atoms with E-state index in [2.05, 4.69) is 446 Å². The Labute approximate surface area is 580 Å². The number of allylic oxidation sites excluding steroid dienone is 24. The first-order valence-corrected chi connectivity index (χ1v) is 36.9. The maximum atomic E-state index is 3.13. The predicted octanol–water partition coefficient (Wildman–Crippen LogP) is 30.8. The molecular formula is C91H170. The van der Waals surface area contributed by atoms with Crippen LogP contribution in [0.15, 0.2) is 146 Å². The molecule has 0 aliphatic carbocycles. The van der Waals surface area contributed by atoms with E-state index in [9.17, 15) is 0 Å². The summed E-state index contributed by atoms with van der Waals surface area (Å²) in [7, 11) is 0. The van der Waals surface area contributed by atoms with E-state index in [4.69, 9.17) is 0 Å². The molecule has 0 aliphatic heterocycles. The summed E-state index contributed by atoms with van der Waals surface area (Å²) in [6.07, 6.45) is 56.0. The molecule has 0 saturated heterocycles. The summed E-state index contributed by atoms with van der Waals surface area (Å²) in [6, 6.07) is 0. The van der Waals surface area contributed by atoms with Crippen molar-refractivity contribution in [3.63, 3.8) is 0 Å². The van der Waals surface area contributed by atoms with Crippen LogP contribution < -0.4 is 0 Å². The van der Waals surface area contributed by atoms with Gasteiger partial charge in [0.15, 0.2) is 0 Å². The van der Waals surface area contributed by atoms with Gasteiger partial charge in [0.1, 0.15) is 0 Å². The summed E-state index contributed by atoms with van der Waals surface area (Å²) in [5.41, 5.74) is 0. The van der Waals surface area contributed by atoms with Crippen molar-refractivity contribution >= 4 is 0 Å². The average molecular weight is 1260 g/mol. The first-order chi connectivity index (χ1) is 41.8. The summed E-state index contributed by atoms with van der Waals surface area (Å²) >= 11 is 0. The lowest BCUT2D eigenvalue weighted by Crippen LogP contribution is -1.83. The minimum Gasteiger partial charge on any atom is -0.103 e. The molecule has 0 N–H and O–H groups in total. The van der Waals surface area contributed by atoms with E-state index in [1.54, 1.807) is 0 Å². The van der Waals surface area contributed by atoms with Gasteiger partial charge in [-0.15, -0.1) is 23.7 Å². The van der Waals surface area contributed by atoms with Crippen LogP contribution in [-0.2, 0) is 0 Å². The molecule has 0 unspecified atom stereocenters. The Morgan fingerprint density at radius 1 is 0.176 bits per heavy atom. The van der Waals surface area contributed by atoms with Crippen LogP contribution in [0.1, 0.15) is 296 Å². The Hall–Kier alpha value is -4.00. The minimum atomic E-state index is 0.525. The third kappa shape index (κ3) is 187. The van der Waals surface area contributed by atoms with Crippen LogP contribution in [0.25, 0.3) is 0 Å². The van der Waals surface area contributed by atoms with Crippen LogP contribution in [0.2, 0.25) is 0 Å². The highest BCUT2D eigenvalue weighted by atomic mass is 14.0. The van der Waals surface area contributed by atoms with Crippen LogP contribution >= 0.6 is 0 Å². The largest absolute Gasteiger partial charge is 0.103 e. The molecule has 0 heterocycles. The van der Waals surface area contributed by atoms with Crippen LogP contribution in [0.3, 0.4) is 0 Å². The SMILES string of the molecule is CC(C)/C=C/C(C)C.CC(C)/C=C/C=C/C(C)C.CC(C)/C=C/CC(C)C.CC(C)/C=C\C(C)C.CC(C)/C=C\C=C/C(C)C.CC(C)/C=C\C=C\C(C)C.CC(C)/C=C\C=C\C(C)C.CC(C)/C=C\CC(C)C.CC(C)C#CC(C)C.CC(C)C#CCC(C)C. The second-order valence-electron chi connectivity index (χ2n) is 31.1. The maximum absolute atomic E-state index is 3.13. The lowest BCUT2D eigenvalue weighted by molar-refractivity contribution is 0.658. The highest BCUT2D eigenvalue weighted by Crippen LogP contribution is 2.06. The van der Waals surface area contributed by atoms with Crippen molar-refractivity contribution in [1.29, 1.82) is 0 Å². The summed E-state index contributed by atoms with van der Waals surface area (Å²) in [5, 5.41) is 0. The predicted molar refractivity (Wildman–Crippen MR) is 436 cm³/mol. The van der Waals surface area contributed by atoms with Crippen LogP contribution in [0, 0.1) is 142 Å². The van der Waals surface area contributed by atoms with Gasteiger partial charge in [-0.05, 0) is 113 Å². The standard InChI is InChI=1S/4C10H18.2C9H18.C9H16.2C8H16.C8H14/c4*1-9(2)7-5-6-8-10(3)4;3*1-8(2)6-5-7-9(3)4;3*1-7(2)5-6-8(3)4/h4*5-10H,1-4H3;2*5-6,8-9H,7H2,1-4H3;8-9H,6H2,1-4H3;2*5-8H,1-4H3;7-8H,1-4H3/b7-5+,8-6+;2*7-5-,8-6+;7-5-,8-6-;6-5+;6-5-;;6-5+;6-5-;. The normalized spacial score (nSPS) is 12.0. The Morgan fingerprint density at radius 3 is 0.440 bits per heavy atom. The highest BCUT2D eigenvalue weighted by molar-refractivity contribution is 5.07. The topological polar surface area (TPSA) is 0 Å². The molecular weight excluding hydrogens is 1090 g/mol. The number of hydrogen-bond acceptors (Lipinski definition) is 0. The monoisotopic (exact) mass is 1260 g/mol. The number of rotatable bonds is 23. The van der Waals surface area contributed by atoms with E-state index in [1.807, 2.05) is 0 Å². The second-order valence-corrected chi connectivity index (χ2v) is 31.1. The zero-order valence-electron chi connectivity index (χ0n) is 69.5. The van der Waals surface area contributed by atoms with Crippen molar-refractivity contribution in [1.82, 2.24) is 0 Å². The molecule has 534 valence electrons. The van der Waals surface area contributed by atoms with E-state index in [0.717, 1.165) is 24.2 Å². The lowest BCUT2D eigenvalue weighted by Gasteiger charge is -1.97. The molecule has 0 aromatic rings. The van der Waals surface area contributed by atoms with Crippen LogP contribution in [0.4, 0.5) is 0 Å². The van der Waals surface area contributed by atoms with Gasteiger partial charge in [0.05, 0.1) is 0 Å². The summed E-state index contributed by atoms with van der Waals surface area (Å²) in [6.45, 7) is 87.3. The third-order valence-corrected chi connectivity index (χ3v) is 9.99. The zero-order chi connectivity index (χ0) is 73.5. The van der Waals surface area contributed by atoms with E-state index < -0.39 is 0 Å². The average Bonchev–Trinajstić information content (AvgIpc) is 3.38. The smallest absolute Gasteiger partial charge is 0.0146 e. The van der Waals surface area contributed by atoms with E-state index >= 15 is 0 Å². The highest BCUT2D eigenvalue weighted by Gasteiger charge is 1.92. The summed E-state index contributed by atoms with van der Waals surface area (Å²) in [4.78, 5) is 0. The maximum Gasteiger partial charge on any atom is 0.0146 e. The second kappa shape index (κ2) is 82.1. The van der Waals surface area contributed by atoms with Crippen LogP contribution in [0.5, 0.6) is 0 Å². The quantitative estimate of drug-likeness (QED) is 0.0543. The van der Waals surface area contributed by atoms with E-state index in [0.29, 0.717) is 101 Å². The lowest BCUT2D eigenvalue weighted by atomic mass is 10.1. The van der Waals surface area contributed by atoms with Gasteiger partial charge in [0.2, 0.25) is 0 Å². The molecule has 0 radical (unpaired) electrons. The molecule has 0 bridgehead atoms. The molecule has 0 rings (SSSR count). The van der Waals surface area contributed by atoms with Gasteiger partial charge in [-0.25, -0.2) is 0 Å². The van der Waals surface area contributed by atoms with Gasteiger partial charge in [-0.2, -0.15) is 0 Å². The Bertz CT molecular complexity index is 1630. The zero-order valence-corrected chi connectivity index (χ0v) is 69.5. The molecule has 0 heteroatoms. The summed E-state index contributed by atoms with van der Waals surface area (Å²) < 4.78 is 0. The Morgan fingerprint density at radius 2 is 0.330 bits per heavy atom. The molecule has 0 spiro atoms. The van der Waals surface area contributed by atoms with Gasteiger partial charge in [0.25, 0.3) is 0 Å². The first kappa shape index (κ1) is 109. The van der Waals surface area contributed by atoms with Crippen LogP contribution in [-0.4, -0.2) is 0 Å². The van der Waals surface area contributed by atoms with Gasteiger partial charge in [-0.3, -0.25) is 0 Å². The molecule has 91 heavy (non-hydrogen) atoms. The fraction of sp³-hybridized carbons (Fsp3) is 0.692. The van der Waals surface area contributed by atoms with Crippen molar-refractivity contribution < 1.29 is 0 Å². The van der Waals surface area contributed by atoms with Crippen molar-refractivity contribution in [2.75, 3.05) is 0 Å². The van der Waals surface area contributed by atoms with Crippen molar-refractivity contribution in [2.45, 2.75) is 296 Å². The first-order valence-electron chi connectivity index (χ1n) is 36.9. The molecule has 0 aromatic carbocycles. The summed E-state index contributed by atoms with van der Waals surface area (Å²) in [5.74, 6) is 25.9. The van der Waals surface area contributed by atoms with Crippen molar-refractivity contribution in [3.05, 3.63) is 146 Å². The van der Waals surface area contributed by atoms with E-state index in [1.165, 1.54) is 12.8 Å². The molecule has 0 amide bonds. The third-order valence-electron chi connectivity index (χ3n) is 9.99. The van der Waals surface area contributed by atoms with Crippen molar-refractivity contribution in [2.24, 2.45) is 118 Å².